The number of benzene rings is 2. The first-order valence-electron chi connectivity index (χ1n) is 11.5. The Morgan fingerprint density at radius 3 is 2.56 bits per heavy atom. The molecule has 7 heteroatoms. The molecule has 2 aromatic carbocycles. The fraction of sp³-hybridized carbons (Fsp3) is 0.370. The van der Waals surface area contributed by atoms with Gasteiger partial charge in [-0.15, -0.1) is 6.58 Å². The van der Waals surface area contributed by atoms with Gasteiger partial charge in [-0.2, -0.15) is 0 Å². The Morgan fingerprint density at radius 2 is 1.88 bits per heavy atom. The smallest absolute Gasteiger partial charge is 0.329 e. The summed E-state index contributed by atoms with van der Waals surface area (Å²) >= 11 is 0. The fourth-order valence-electron chi connectivity index (χ4n) is 5.99. The number of fused-ring (bicyclic) bond motifs is 5. The first-order chi connectivity index (χ1) is 16.2. The van der Waals surface area contributed by atoms with Gasteiger partial charge in [0.15, 0.2) is 17.4 Å². The van der Waals surface area contributed by atoms with E-state index in [1.807, 2.05) is 68.4 Å². The summed E-state index contributed by atoms with van der Waals surface area (Å²) in [5.74, 6) is -1.32. The van der Waals surface area contributed by atoms with Gasteiger partial charge >= 0.3 is 11.9 Å². The van der Waals surface area contributed by atoms with E-state index in [4.69, 9.17) is 9.47 Å². The van der Waals surface area contributed by atoms with Crippen molar-refractivity contribution in [2.75, 3.05) is 5.32 Å². The summed E-state index contributed by atoms with van der Waals surface area (Å²) < 4.78 is 11.8. The predicted octanol–water partition coefficient (Wildman–Crippen LogP) is 3.55. The van der Waals surface area contributed by atoms with Crippen LogP contribution in [-0.4, -0.2) is 40.6 Å². The van der Waals surface area contributed by atoms with Crippen molar-refractivity contribution in [1.29, 1.82) is 0 Å². The molecule has 2 aromatic rings. The van der Waals surface area contributed by atoms with E-state index in [2.05, 4.69) is 11.9 Å². The largest absolute Gasteiger partial charge is 0.450 e. The molecule has 0 spiro atoms. The SMILES string of the molecule is C=CC(C)(C)[C@]12Nc3ccccc3[C@@]1(OC(C)=O)C[C@H]1C(=O)O[C@@H](Cc3ccccc3)C(=O)N12. The van der Waals surface area contributed by atoms with E-state index in [9.17, 15) is 14.4 Å². The predicted molar refractivity (Wildman–Crippen MR) is 125 cm³/mol. The van der Waals surface area contributed by atoms with E-state index in [0.717, 1.165) is 16.8 Å². The highest BCUT2D eigenvalue weighted by atomic mass is 16.6. The summed E-state index contributed by atoms with van der Waals surface area (Å²) in [5.41, 5.74) is -1.00. The lowest BCUT2D eigenvalue weighted by atomic mass is 9.68. The fourth-order valence-corrected chi connectivity index (χ4v) is 5.99. The van der Waals surface area contributed by atoms with E-state index in [1.54, 1.807) is 11.0 Å². The van der Waals surface area contributed by atoms with Crippen molar-refractivity contribution < 1.29 is 23.9 Å². The molecule has 2 fully saturated rings. The minimum absolute atomic E-state index is 0.0937. The highest BCUT2D eigenvalue weighted by Crippen LogP contribution is 2.65. The maximum Gasteiger partial charge on any atom is 0.329 e. The van der Waals surface area contributed by atoms with Crippen LogP contribution in [0, 0.1) is 5.41 Å². The number of amides is 1. The molecule has 4 atom stereocenters. The zero-order valence-electron chi connectivity index (χ0n) is 19.5. The number of carbonyl (C=O) groups is 3. The number of nitrogens with zero attached hydrogens (tertiary/aromatic N) is 1. The minimum atomic E-state index is -1.30. The van der Waals surface area contributed by atoms with Crippen LogP contribution >= 0.6 is 0 Å². The first kappa shape index (κ1) is 22.2. The van der Waals surface area contributed by atoms with E-state index >= 15 is 0 Å². The lowest BCUT2D eigenvalue weighted by molar-refractivity contribution is -0.190. The Balaban J connectivity index is 1.70. The molecular weight excluding hydrogens is 432 g/mol. The van der Waals surface area contributed by atoms with Crippen LogP contribution in [0.3, 0.4) is 0 Å². The highest BCUT2D eigenvalue weighted by Gasteiger charge is 2.78. The summed E-state index contributed by atoms with van der Waals surface area (Å²) in [5, 5.41) is 3.53. The summed E-state index contributed by atoms with van der Waals surface area (Å²) in [7, 11) is 0. The third kappa shape index (κ3) is 2.79. The van der Waals surface area contributed by atoms with Gasteiger partial charge < -0.3 is 14.8 Å². The second-order valence-corrected chi connectivity index (χ2v) is 9.77. The molecule has 5 rings (SSSR count). The van der Waals surface area contributed by atoms with Gasteiger partial charge in [0.2, 0.25) is 0 Å². The summed E-state index contributed by atoms with van der Waals surface area (Å²) in [6.07, 6.45) is 1.11. The van der Waals surface area contributed by atoms with Crippen LogP contribution < -0.4 is 5.32 Å². The number of para-hydroxylation sites is 1. The number of hydrogen-bond acceptors (Lipinski definition) is 6. The van der Waals surface area contributed by atoms with E-state index in [1.165, 1.54) is 6.92 Å². The number of ether oxygens (including phenoxy) is 2. The number of carbonyl (C=O) groups excluding carboxylic acids is 3. The van der Waals surface area contributed by atoms with Crippen molar-refractivity contribution in [2.45, 2.75) is 57.0 Å². The third-order valence-electron chi connectivity index (χ3n) is 7.48. The van der Waals surface area contributed by atoms with E-state index in [-0.39, 0.29) is 18.7 Å². The second-order valence-electron chi connectivity index (χ2n) is 9.77. The first-order valence-corrected chi connectivity index (χ1v) is 11.5. The molecule has 1 N–H and O–H groups in total. The molecule has 0 unspecified atom stereocenters. The van der Waals surface area contributed by atoms with Gasteiger partial charge in [0.25, 0.3) is 5.91 Å². The zero-order valence-corrected chi connectivity index (χ0v) is 19.5. The van der Waals surface area contributed by atoms with E-state index in [0.29, 0.717) is 0 Å². The number of hydrogen-bond donors (Lipinski definition) is 1. The molecule has 176 valence electrons. The van der Waals surface area contributed by atoms with Crippen LogP contribution in [0.1, 0.15) is 38.3 Å². The monoisotopic (exact) mass is 460 g/mol. The topological polar surface area (TPSA) is 84.9 Å². The zero-order chi connectivity index (χ0) is 24.3. The van der Waals surface area contributed by atoms with Crippen molar-refractivity contribution in [1.82, 2.24) is 4.90 Å². The van der Waals surface area contributed by atoms with Crippen molar-refractivity contribution in [3.05, 3.63) is 78.4 Å². The summed E-state index contributed by atoms with van der Waals surface area (Å²) in [4.78, 5) is 41.5. The number of cyclic esters (lactones) is 1. The Hall–Kier alpha value is -3.61. The average Bonchev–Trinajstić information content (AvgIpc) is 3.25. The average molecular weight is 461 g/mol. The van der Waals surface area contributed by atoms with Crippen LogP contribution in [0.15, 0.2) is 67.3 Å². The van der Waals surface area contributed by atoms with Gasteiger partial charge in [-0.05, 0) is 11.6 Å². The van der Waals surface area contributed by atoms with Gasteiger partial charge in [0.05, 0.1) is 0 Å². The number of morpholine rings is 1. The summed E-state index contributed by atoms with van der Waals surface area (Å²) in [6.45, 7) is 9.24. The molecule has 0 radical (unpaired) electrons. The van der Waals surface area contributed by atoms with Crippen LogP contribution in [0.25, 0.3) is 0 Å². The molecule has 3 aliphatic rings. The Kier molecular flexibility index (Phi) is 4.86. The van der Waals surface area contributed by atoms with Crippen molar-refractivity contribution in [3.63, 3.8) is 0 Å². The van der Waals surface area contributed by atoms with Gasteiger partial charge in [0, 0.05) is 36.4 Å². The molecular formula is C27H28N2O5. The second kappa shape index (κ2) is 7.45. The van der Waals surface area contributed by atoms with Gasteiger partial charge in [-0.1, -0.05) is 68.5 Å². The third-order valence-corrected chi connectivity index (χ3v) is 7.48. The Bertz CT molecular complexity index is 1190. The standard InChI is InChI=1S/C27H28N2O5/c1-5-25(3,4)27-26(34-17(2)30,19-13-9-10-14-20(19)28-27)16-21-24(32)33-22(23(31)29(21)27)15-18-11-7-6-8-12-18/h5-14,21-22,28H,1,15-16H2,2-4H3/t21-,22-,26-,27+/m0/s1. The van der Waals surface area contributed by atoms with Crippen molar-refractivity contribution >= 4 is 23.5 Å². The molecule has 3 aliphatic heterocycles. The van der Waals surface area contributed by atoms with Gasteiger partial charge in [0.1, 0.15) is 6.04 Å². The maximum atomic E-state index is 14.1. The summed E-state index contributed by atoms with van der Waals surface area (Å²) in [6, 6.07) is 16.1. The lowest BCUT2D eigenvalue weighted by Crippen LogP contribution is -2.72. The van der Waals surface area contributed by atoms with Crippen LogP contribution in [0.2, 0.25) is 0 Å². The Labute approximate surface area is 198 Å². The maximum absolute atomic E-state index is 14.1. The quantitative estimate of drug-likeness (QED) is 0.543. The van der Waals surface area contributed by atoms with Gasteiger partial charge in [-0.25, -0.2) is 4.79 Å². The number of nitrogens with one attached hydrogen (secondary N) is 1. The van der Waals surface area contributed by atoms with Crippen molar-refractivity contribution in [2.24, 2.45) is 5.41 Å². The number of anilines is 1. The lowest BCUT2D eigenvalue weighted by Gasteiger charge is -2.54. The number of rotatable bonds is 5. The van der Waals surface area contributed by atoms with Crippen LogP contribution in [0.5, 0.6) is 0 Å². The molecule has 0 aromatic heterocycles. The molecule has 2 saturated heterocycles. The molecule has 34 heavy (non-hydrogen) atoms. The van der Waals surface area contributed by atoms with Gasteiger partial charge in [-0.3, -0.25) is 14.5 Å². The Morgan fingerprint density at radius 1 is 1.21 bits per heavy atom. The molecule has 0 saturated carbocycles. The van der Waals surface area contributed by atoms with E-state index < -0.39 is 40.8 Å². The molecule has 3 heterocycles. The van der Waals surface area contributed by atoms with Crippen molar-refractivity contribution in [3.8, 4) is 0 Å². The molecule has 1 amide bonds. The minimum Gasteiger partial charge on any atom is -0.450 e. The highest BCUT2D eigenvalue weighted by molar-refractivity contribution is 5.96. The normalized spacial score (nSPS) is 29.4. The molecule has 0 aliphatic carbocycles. The van der Waals surface area contributed by atoms with Crippen LogP contribution in [-0.2, 0) is 35.9 Å². The molecule has 7 nitrogen and oxygen atoms in total. The number of esters is 2. The van der Waals surface area contributed by atoms with Crippen LogP contribution in [0.4, 0.5) is 5.69 Å². The molecule has 0 bridgehead atoms.